The van der Waals surface area contributed by atoms with Crippen molar-refractivity contribution in [1.82, 2.24) is 0 Å². The molecule has 0 aliphatic carbocycles. The second-order valence-electron chi connectivity index (χ2n) is 15.6. The van der Waals surface area contributed by atoms with Gasteiger partial charge in [-0.3, -0.25) is 9.59 Å². The lowest BCUT2D eigenvalue weighted by atomic mass is 9.91. The summed E-state index contributed by atoms with van der Waals surface area (Å²) in [5.74, 6) is -5.11. The molecule has 2 aliphatic rings. The Morgan fingerprint density at radius 3 is 1.95 bits per heavy atom. The topological polar surface area (TPSA) is 290 Å². The fourth-order valence-corrected chi connectivity index (χ4v) is 6.53. The zero-order chi connectivity index (χ0) is 44.5. The number of cyclic esters (lactones) is 1. The van der Waals surface area contributed by atoms with E-state index in [9.17, 15) is 60.7 Å². The van der Waals surface area contributed by atoms with Gasteiger partial charge in [-0.15, -0.1) is 0 Å². The molecule has 2 heterocycles. The van der Waals surface area contributed by atoms with E-state index in [4.69, 9.17) is 19.9 Å². The van der Waals surface area contributed by atoms with Gasteiger partial charge in [0.1, 0.15) is 6.10 Å². The summed E-state index contributed by atoms with van der Waals surface area (Å²) in [7, 11) is 0. The van der Waals surface area contributed by atoms with Crippen LogP contribution in [0.15, 0.2) is 85.1 Å². The van der Waals surface area contributed by atoms with Gasteiger partial charge in [-0.05, 0) is 64.7 Å². The van der Waals surface area contributed by atoms with E-state index in [1.165, 1.54) is 0 Å². The molecular formula is C44H69NO15. The van der Waals surface area contributed by atoms with Gasteiger partial charge in [0.2, 0.25) is 0 Å². The predicted octanol–water partition coefficient (Wildman–Crippen LogP) is 1.87. The van der Waals surface area contributed by atoms with Crippen LogP contribution >= 0.6 is 0 Å². The Kier molecular flexibility index (Phi) is 25.5. The molecule has 0 aromatic carbocycles. The van der Waals surface area contributed by atoms with Gasteiger partial charge in [0.25, 0.3) is 0 Å². The molecule has 340 valence electrons. The third kappa shape index (κ3) is 22.5. The first-order valence-electron chi connectivity index (χ1n) is 20.8. The van der Waals surface area contributed by atoms with Crippen molar-refractivity contribution < 1.29 is 74.9 Å². The largest absolute Gasteiger partial charge is 0.481 e. The Labute approximate surface area is 353 Å². The first-order valence-corrected chi connectivity index (χ1v) is 20.8. The van der Waals surface area contributed by atoms with E-state index in [2.05, 4.69) is 0 Å². The molecule has 12 N–H and O–H groups in total. The first kappa shape index (κ1) is 52.8. The van der Waals surface area contributed by atoms with Crippen LogP contribution in [-0.4, -0.2) is 143 Å². The summed E-state index contributed by atoms with van der Waals surface area (Å²) in [4.78, 5) is 24.4. The molecule has 0 saturated carbocycles. The van der Waals surface area contributed by atoms with Crippen LogP contribution in [0.3, 0.4) is 0 Å². The molecule has 0 aromatic rings. The molecule has 1 fully saturated rings. The number of ether oxygens (including phenoxy) is 3. The van der Waals surface area contributed by atoms with Crippen LogP contribution in [0.1, 0.15) is 90.4 Å². The highest BCUT2D eigenvalue weighted by Gasteiger charge is 2.42. The number of rotatable bonds is 3. The Bertz CT molecular complexity index is 1440. The number of esters is 1. The molecule has 0 spiro atoms. The number of aliphatic hydroxyl groups is 9. The number of allylic oxidation sites excluding steroid dienone is 12. The minimum Gasteiger partial charge on any atom is -0.481 e. The number of carboxylic acid groups (broad SMARTS) is 1. The van der Waals surface area contributed by atoms with Crippen LogP contribution in [0.5, 0.6) is 0 Å². The fraction of sp³-hybridized carbons (Fsp3) is 0.636. The van der Waals surface area contributed by atoms with Crippen LogP contribution < -0.4 is 5.73 Å². The van der Waals surface area contributed by atoms with Crippen molar-refractivity contribution in [2.75, 3.05) is 6.61 Å². The molecule has 0 aromatic heterocycles. The van der Waals surface area contributed by atoms with E-state index in [0.29, 0.717) is 6.42 Å². The fourth-order valence-electron chi connectivity index (χ4n) is 6.53. The second-order valence-corrected chi connectivity index (χ2v) is 15.6. The minimum atomic E-state index is -2.26. The van der Waals surface area contributed by atoms with Crippen molar-refractivity contribution in [2.45, 2.75) is 163 Å². The standard InChI is InChI=1S/C44H69NO15/c1-30-40(52)39(45)41(53)43(59-30)60-35-17-14-12-10-8-6-4-2-3-5-7-9-11-13-16-32(46)24-27-58-38(51)29-34(48)28-33(47)20-22-37(50)36(49)18-15-25-44(56,57)26-23-31(19-21-35)42(54)55/h2-14,17,30-37,39-41,43,46-50,52-53,56-57H,15-16,18-29,45H2,1H3,(H,54,55)/b4-2+,5-3+,8-6+,9-7+,12-10+,13-11+,17-14+/t30?,31-,32+,33+,34+,35-,36+,37+,39?,40?,41?,43?/m0/s1. The highest BCUT2D eigenvalue weighted by molar-refractivity contribution is 5.70. The average molecular weight is 852 g/mol. The summed E-state index contributed by atoms with van der Waals surface area (Å²) in [6.07, 6.45) is 13.8. The quantitative estimate of drug-likeness (QED) is 0.143. The maximum Gasteiger partial charge on any atom is 0.308 e. The van der Waals surface area contributed by atoms with E-state index in [1.54, 1.807) is 61.6 Å². The number of nitrogens with two attached hydrogens (primary N) is 1. The summed E-state index contributed by atoms with van der Waals surface area (Å²) in [5.41, 5.74) is 5.98. The third-order valence-electron chi connectivity index (χ3n) is 10.3. The smallest absolute Gasteiger partial charge is 0.308 e. The molecule has 0 amide bonds. The zero-order valence-corrected chi connectivity index (χ0v) is 34.5. The zero-order valence-electron chi connectivity index (χ0n) is 34.5. The van der Waals surface area contributed by atoms with Crippen molar-refractivity contribution in [3.05, 3.63) is 85.1 Å². The van der Waals surface area contributed by atoms with Crippen LogP contribution in [-0.2, 0) is 23.8 Å². The van der Waals surface area contributed by atoms with Gasteiger partial charge >= 0.3 is 11.9 Å². The molecule has 2 rings (SSSR count). The maximum absolute atomic E-state index is 12.2. The molecule has 12 atom stereocenters. The number of hydrogen-bond donors (Lipinski definition) is 11. The van der Waals surface area contributed by atoms with Crippen molar-refractivity contribution in [2.24, 2.45) is 11.7 Å². The Morgan fingerprint density at radius 1 is 0.717 bits per heavy atom. The van der Waals surface area contributed by atoms with Crippen molar-refractivity contribution in [3.63, 3.8) is 0 Å². The van der Waals surface area contributed by atoms with E-state index in [0.717, 1.165) is 0 Å². The summed E-state index contributed by atoms with van der Waals surface area (Å²) >= 11 is 0. The molecule has 16 nitrogen and oxygen atoms in total. The number of carbonyl (C=O) groups is 2. The minimum absolute atomic E-state index is 0.00681. The maximum atomic E-state index is 12.2. The van der Waals surface area contributed by atoms with Crippen molar-refractivity contribution >= 4 is 11.9 Å². The summed E-state index contributed by atoms with van der Waals surface area (Å²) < 4.78 is 16.8. The molecular weight excluding hydrogens is 782 g/mol. The summed E-state index contributed by atoms with van der Waals surface area (Å²) in [5, 5.41) is 104. The van der Waals surface area contributed by atoms with Crippen LogP contribution in [0, 0.1) is 5.92 Å². The monoisotopic (exact) mass is 851 g/mol. The van der Waals surface area contributed by atoms with Crippen LogP contribution in [0.4, 0.5) is 0 Å². The van der Waals surface area contributed by atoms with Gasteiger partial charge in [0.05, 0.1) is 73.8 Å². The summed E-state index contributed by atoms with van der Waals surface area (Å²) in [6, 6.07) is -1.04. The van der Waals surface area contributed by atoms with Gasteiger partial charge in [-0.25, -0.2) is 0 Å². The lowest BCUT2D eigenvalue weighted by molar-refractivity contribution is -0.276. The molecule has 2 aliphatic heterocycles. The average Bonchev–Trinajstić information content (AvgIpc) is 3.18. The molecule has 1 saturated heterocycles. The number of hydrogen-bond acceptors (Lipinski definition) is 15. The van der Waals surface area contributed by atoms with Crippen molar-refractivity contribution in [1.29, 1.82) is 0 Å². The Hall–Kier alpha value is -3.36. The highest BCUT2D eigenvalue weighted by atomic mass is 16.7. The molecule has 0 radical (unpaired) electrons. The van der Waals surface area contributed by atoms with Gasteiger partial charge in [0.15, 0.2) is 12.1 Å². The van der Waals surface area contributed by atoms with E-state index in [1.807, 2.05) is 30.4 Å². The van der Waals surface area contributed by atoms with E-state index in [-0.39, 0.29) is 83.7 Å². The molecule has 16 heteroatoms. The van der Waals surface area contributed by atoms with Gasteiger partial charge in [-0.2, -0.15) is 0 Å². The van der Waals surface area contributed by atoms with Gasteiger partial charge in [-0.1, -0.05) is 85.1 Å². The van der Waals surface area contributed by atoms with Crippen LogP contribution in [0.2, 0.25) is 0 Å². The Balaban J connectivity index is 2.14. The molecule has 5 unspecified atom stereocenters. The number of carbonyl (C=O) groups excluding carboxylic acids is 1. The lowest BCUT2D eigenvalue weighted by Crippen LogP contribution is -2.61. The van der Waals surface area contributed by atoms with Gasteiger partial charge < -0.3 is 71.0 Å². The lowest BCUT2D eigenvalue weighted by Gasteiger charge is -2.40. The van der Waals surface area contributed by atoms with E-state index < -0.39 is 90.9 Å². The van der Waals surface area contributed by atoms with Gasteiger partial charge in [0, 0.05) is 19.3 Å². The highest BCUT2D eigenvalue weighted by Crippen LogP contribution is 2.27. The first-order chi connectivity index (χ1) is 28.5. The van der Waals surface area contributed by atoms with Crippen LogP contribution in [0.25, 0.3) is 0 Å². The molecule has 60 heavy (non-hydrogen) atoms. The van der Waals surface area contributed by atoms with Crippen molar-refractivity contribution in [3.8, 4) is 0 Å². The second kappa shape index (κ2) is 29.0. The predicted molar refractivity (Wildman–Crippen MR) is 222 cm³/mol. The molecule has 0 bridgehead atoms. The Morgan fingerprint density at radius 2 is 1.32 bits per heavy atom. The normalized spacial score (nSPS) is 38.7. The third-order valence-corrected chi connectivity index (χ3v) is 10.3. The van der Waals surface area contributed by atoms with E-state index >= 15 is 0 Å². The number of aliphatic carboxylic acids is 1. The summed E-state index contributed by atoms with van der Waals surface area (Å²) in [6.45, 7) is 1.54. The number of aliphatic hydroxyl groups excluding tert-OH is 7. The SMILES string of the molecule is CC1OC(O[C@H]2/C=C/C=C/C=C/C=C/C=C/C=C/C=C/C[C@@H](O)CCOC(=O)C[C@H](O)C[C@H](O)CC[C@@H](O)[C@H](O)CCCC(O)(O)CC[C@@H](C(=O)O)CC2)C(O)C(N)C1O. The number of carboxylic acids is 1.